The summed E-state index contributed by atoms with van der Waals surface area (Å²) in [6.07, 6.45) is 13.1. The van der Waals surface area contributed by atoms with E-state index in [4.69, 9.17) is 14.6 Å². The molecule has 7 rings (SSSR count). The van der Waals surface area contributed by atoms with Gasteiger partial charge in [-0.3, -0.25) is 14.5 Å². The number of carbonyl (C=O) groups is 2. The lowest BCUT2D eigenvalue weighted by Crippen LogP contribution is -2.53. The Labute approximate surface area is 264 Å². The molecule has 7 aliphatic rings. The molecule has 0 bridgehead atoms. The first-order valence-electron chi connectivity index (χ1n) is 18.0. The van der Waals surface area contributed by atoms with Crippen molar-refractivity contribution in [2.45, 2.75) is 110 Å². The maximum atomic E-state index is 13.0. The zero-order valence-electron chi connectivity index (χ0n) is 27.7. The smallest absolute Gasteiger partial charge is 0.232 e. The molecule has 8 nitrogen and oxygen atoms in total. The van der Waals surface area contributed by atoms with E-state index in [1.54, 1.807) is 10.5 Å². The first kappa shape index (κ1) is 31.1. The van der Waals surface area contributed by atoms with Crippen LogP contribution in [0.1, 0.15) is 91.9 Å². The van der Waals surface area contributed by atoms with Gasteiger partial charge in [-0.15, -0.1) is 0 Å². The van der Waals surface area contributed by atoms with E-state index in [2.05, 4.69) is 44.0 Å². The van der Waals surface area contributed by atoms with Crippen LogP contribution in [0.15, 0.2) is 11.6 Å². The van der Waals surface area contributed by atoms with Gasteiger partial charge in [0, 0.05) is 51.1 Å². The Hall–Kier alpha value is -1.48. The number of fused-ring (bicyclic) bond motifs is 7. The first-order valence-corrected chi connectivity index (χ1v) is 18.0. The van der Waals surface area contributed by atoms with Crippen LogP contribution in [-0.2, 0) is 19.1 Å². The minimum Gasteiger partial charge on any atom is -0.395 e. The van der Waals surface area contributed by atoms with Crippen LogP contribution in [0.3, 0.4) is 0 Å². The van der Waals surface area contributed by atoms with Gasteiger partial charge in [-0.05, 0) is 91.8 Å². The largest absolute Gasteiger partial charge is 0.395 e. The molecule has 0 unspecified atom stereocenters. The quantitative estimate of drug-likeness (QED) is 0.355. The predicted molar refractivity (Wildman–Crippen MR) is 168 cm³/mol. The van der Waals surface area contributed by atoms with Crippen LogP contribution < -0.4 is 5.32 Å². The molecule has 4 aliphatic carbocycles. The standard InChI is InChI=1S/C36H57N3O5/c1-23-7-12-36(43-22-23)24(2)33-30(44-36)20-29-27-6-5-25-19-26(8-10-34(25,3)28(27)9-11-35(29,33)4)37-31(41)21-32(42)39-15-13-38(14-16-39)17-18-40/h5,23-24,26-30,33,40H,6-22H2,1-4H3,(H,37,41)/t23-,24+,26+,27-,28+,29+,30+,33+,34+,35+,36-/m1/s1. The van der Waals surface area contributed by atoms with Crippen LogP contribution in [0, 0.1) is 46.3 Å². The molecule has 6 fully saturated rings. The molecule has 3 saturated heterocycles. The normalized spacial score (nSPS) is 46.9. The summed E-state index contributed by atoms with van der Waals surface area (Å²) in [5, 5.41) is 12.4. The van der Waals surface area contributed by atoms with Crippen molar-refractivity contribution in [3.05, 3.63) is 11.6 Å². The van der Waals surface area contributed by atoms with Crippen LogP contribution >= 0.6 is 0 Å². The predicted octanol–water partition coefficient (Wildman–Crippen LogP) is 4.36. The van der Waals surface area contributed by atoms with E-state index in [9.17, 15) is 9.59 Å². The van der Waals surface area contributed by atoms with Crippen molar-refractivity contribution in [2.24, 2.45) is 46.3 Å². The summed E-state index contributed by atoms with van der Waals surface area (Å²) in [6.45, 7) is 14.2. The molecular weight excluding hydrogens is 554 g/mol. The minimum atomic E-state index is -0.346. The lowest BCUT2D eigenvalue weighted by molar-refractivity contribution is -0.272. The van der Waals surface area contributed by atoms with Crippen LogP contribution in [0.25, 0.3) is 0 Å². The third-order valence-electron chi connectivity index (χ3n) is 14.2. The highest BCUT2D eigenvalue weighted by atomic mass is 16.7. The van der Waals surface area contributed by atoms with Gasteiger partial charge in [-0.25, -0.2) is 0 Å². The summed E-state index contributed by atoms with van der Waals surface area (Å²) in [6, 6.07) is 0.121. The van der Waals surface area contributed by atoms with Gasteiger partial charge in [0.15, 0.2) is 5.79 Å². The number of hydrogen-bond acceptors (Lipinski definition) is 6. The van der Waals surface area contributed by atoms with E-state index in [0.29, 0.717) is 66.7 Å². The Morgan fingerprint density at radius 2 is 1.84 bits per heavy atom. The summed E-state index contributed by atoms with van der Waals surface area (Å²) < 4.78 is 13.5. The second-order valence-electron chi connectivity index (χ2n) is 16.4. The Morgan fingerprint density at radius 1 is 1.05 bits per heavy atom. The molecule has 8 heteroatoms. The number of aliphatic hydroxyl groups is 1. The summed E-state index contributed by atoms with van der Waals surface area (Å²) in [5.74, 6) is 3.26. The van der Waals surface area contributed by atoms with Gasteiger partial charge in [0.05, 0.1) is 19.3 Å². The number of aliphatic hydroxyl groups excluding tert-OH is 1. The van der Waals surface area contributed by atoms with Gasteiger partial charge >= 0.3 is 0 Å². The van der Waals surface area contributed by atoms with Crippen molar-refractivity contribution < 1.29 is 24.2 Å². The summed E-state index contributed by atoms with van der Waals surface area (Å²) in [7, 11) is 0. The van der Waals surface area contributed by atoms with E-state index in [1.165, 1.54) is 25.7 Å². The topological polar surface area (TPSA) is 91.3 Å². The van der Waals surface area contributed by atoms with Crippen molar-refractivity contribution >= 4 is 11.8 Å². The molecule has 3 aliphatic heterocycles. The maximum absolute atomic E-state index is 13.0. The maximum Gasteiger partial charge on any atom is 0.232 e. The second kappa shape index (κ2) is 11.6. The number of ether oxygens (including phenoxy) is 2. The van der Waals surface area contributed by atoms with Gasteiger partial charge in [0.1, 0.15) is 6.42 Å². The highest BCUT2D eigenvalue weighted by molar-refractivity contribution is 5.97. The monoisotopic (exact) mass is 611 g/mol. The molecule has 0 aromatic heterocycles. The molecule has 11 atom stereocenters. The molecule has 2 N–H and O–H groups in total. The number of carbonyl (C=O) groups excluding carboxylic acids is 2. The zero-order valence-corrected chi connectivity index (χ0v) is 27.7. The number of rotatable bonds is 5. The van der Waals surface area contributed by atoms with Gasteiger partial charge < -0.3 is 24.8 Å². The Kier molecular flexibility index (Phi) is 8.24. The van der Waals surface area contributed by atoms with Crippen molar-refractivity contribution in [3.8, 4) is 0 Å². The Morgan fingerprint density at radius 3 is 2.57 bits per heavy atom. The summed E-state index contributed by atoms with van der Waals surface area (Å²) in [4.78, 5) is 29.8. The minimum absolute atomic E-state index is 0.0635. The van der Waals surface area contributed by atoms with Crippen LogP contribution in [0.5, 0.6) is 0 Å². The second-order valence-corrected chi connectivity index (χ2v) is 16.4. The molecular formula is C36H57N3O5. The van der Waals surface area contributed by atoms with E-state index in [-0.39, 0.29) is 42.1 Å². The Balaban J connectivity index is 0.966. The molecule has 44 heavy (non-hydrogen) atoms. The fourth-order valence-electron chi connectivity index (χ4n) is 11.7. The van der Waals surface area contributed by atoms with Crippen LogP contribution in [0.2, 0.25) is 0 Å². The molecule has 2 amide bonds. The van der Waals surface area contributed by atoms with E-state index < -0.39 is 0 Å². The van der Waals surface area contributed by atoms with Gasteiger partial charge in [-0.1, -0.05) is 39.3 Å². The van der Waals surface area contributed by atoms with Crippen molar-refractivity contribution in [2.75, 3.05) is 45.9 Å². The number of β-amino-alcohol motifs (C(OH)–C–C–N with tert-alkyl or cyclic N) is 1. The molecule has 3 saturated carbocycles. The Bertz CT molecular complexity index is 1140. The van der Waals surface area contributed by atoms with Gasteiger partial charge in [0.25, 0.3) is 0 Å². The molecule has 0 aromatic carbocycles. The van der Waals surface area contributed by atoms with Crippen molar-refractivity contribution in [3.63, 3.8) is 0 Å². The number of amides is 2. The molecule has 0 radical (unpaired) electrons. The first-order chi connectivity index (χ1) is 21.1. The van der Waals surface area contributed by atoms with Gasteiger partial charge in [0.2, 0.25) is 11.8 Å². The van der Waals surface area contributed by atoms with E-state index in [1.807, 2.05) is 0 Å². The lowest BCUT2D eigenvalue weighted by Gasteiger charge is -2.58. The summed E-state index contributed by atoms with van der Waals surface area (Å²) in [5.41, 5.74) is 2.09. The van der Waals surface area contributed by atoms with Crippen molar-refractivity contribution in [1.29, 1.82) is 0 Å². The van der Waals surface area contributed by atoms with Gasteiger partial charge in [-0.2, -0.15) is 0 Å². The average molecular weight is 612 g/mol. The fourth-order valence-corrected chi connectivity index (χ4v) is 11.7. The van der Waals surface area contributed by atoms with Crippen molar-refractivity contribution in [1.82, 2.24) is 15.1 Å². The zero-order chi connectivity index (χ0) is 30.9. The highest BCUT2D eigenvalue weighted by Gasteiger charge is 2.68. The SMILES string of the molecule is C[C@@H]1CC[C@@]2(OC1)O[C@H]1C[C@H]3[C@@H]4CC=C5C[C@@H](NC(=O)CC(=O)N6CCN(CCO)CC6)CC[C@]5(C)[C@H]4CC[C@]3(C)[C@H]1[C@@H]2C. The highest BCUT2D eigenvalue weighted by Crippen LogP contribution is 2.70. The van der Waals surface area contributed by atoms with Crippen LogP contribution in [-0.4, -0.2) is 90.6 Å². The van der Waals surface area contributed by atoms with Crippen LogP contribution in [0.4, 0.5) is 0 Å². The molecule has 0 aromatic rings. The average Bonchev–Trinajstić information content (AvgIpc) is 3.45. The number of piperazine rings is 1. The molecule has 3 heterocycles. The van der Waals surface area contributed by atoms with E-state index in [0.717, 1.165) is 51.8 Å². The third-order valence-corrected chi connectivity index (χ3v) is 14.2. The number of nitrogens with zero attached hydrogens (tertiary/aromatic N) is 2. The third kappa shape index (κ3) is 5.09. The van der Waals surface area contributed by atoms with E-state index >= 15 is 0 Å². The number of allylic oxidation sites excluding steroid dienone is 1. The lowest BCUT2D eigenvalue weighted by atomic mass is 9.46. The summed E-state index contributed by atoms with van der Waals surface area (Å²) >= 11 is 0. The number of nitrogens with one attached hydrogen (secondary N) is 1. The number of hydrogen-bond donors (Lipinski definition) is 2. The molecule has 1 spiro atoms. The fraction of sp³-hybridized carbons (Fsp3) is 0.889. The molecule has 246 valence electrons.